The Balaban J connectivity index is 1.41. The van der Waals surface area contributed by atoms with Crippen LogP contribution in [0.15, 0.2) is 33.8 Å². The van der Waals surface area contributed by atoms with Gasteiger partial charge in [0.05, 0.1) is 16.2 Å². The number of piperazine rings is 1. The molecular formula is C17H20BrN5O4S. The van der Waals surface area contributed by atoms with Gasteiger partial charge in [-0.3, -0.25) is 4.90 Å². The van der Waals surface area contributed by atoms with Crippen molar-refractivity contribution in [3.8, 4) is 0 Å². The highest BCUT2D eigenvalue weighted by molar-refractivity contribution is 9.10. The van der Waals surface area contributed by atoms with E-state index in [1.54, 1.807) is 12.3 Å². The summed E-state index contributed by atoms with van der Waals surface area (Å²) in [5, 5.41) is 14.8. The highest BCUT2D eigenvalue weighted by Crippen LogP contribution is 2.27. The largest absolute Gasteiger partial charge is 0.404 e. The molecule has 28 heavy (non-hydrogen) atoms. The molecule has 2 aliphatic rings. The molecule has 0 unspecified atom stereocenters. The van der Waals surface area contributed by atoms with Gasteiger partial charge in [-0.15, -0.1) is 0 Å². The summed E-state index contributed by atoms with van der Waals surface area (Å²) in [5.74, 6) is -0.224. The van der Waals surface area contributed by atoms with Gasteiger partial charge in [0.25, 0.3) is 0 Å². The number of hydrogen-bond donors (Lipinski definition) is 0. The van der Waals surface area contributed by atoms with Gasteiger partial charge < -0.3 is 10.1 Å². The zero-order chi connectivity index (χ0) is 19.9. The van der Waals surface area contributed by atoms with Crippen molar-refractivity contribution in [1.82, 2.24) is 19.0 Å². The molecule has 1 aliphatic heterocycles. The second-order valence-corrected chi connectivity index (χ2v) is 9.84. The lowest BCUT2D eigenvalue weighted by Gasteiger charge is -2.33. The molecule has 0 radical (unpaired) electrons. The monoisotopic (exact) mass is 469 g/mol. The van der Waals surface area contributed by atoms with Crippen LogP contribution >= 0.6 is 15.9 Å². The predicted octanol–water partition coefficient (Wildman–Crippen LogP) is 2.01. The predicted molar refractivity (Wildman–Crippen MR) is 105 cm³/mol. The fourth-order valence-corrected chi connectivity index (χ4v) is 5.69. The molecule has 0 N–H and O–H groups in total. The van der Waals surface area contributed by atoms with E-state index < -0.39 is 14.9 Å². The number of benzene rings is 1. The lowest BCUT2D eigenvalue weighted by atomic mass is 10.1. The van der Waals surface area contributed by atoms with E-state index in [1.165, 1.54) is 14.6 Å². The fourth-order valence-electron chi connectivity index (χ4n) is 3.76. The molecule has 0 spiro atoms. The van der Waals surface area contributed by atoms with Gasteiger partial charge in [-0.1, -0.05) is 6.07 Å². The third kappa shape index (κ3) is 3.71. The van der Waals surface area contributed by atoms with E-state index in [4.69, 9.17) is 0 Å². The number of aromatic nitrogens is 2. The topological polar surface area (TPSA) is 102 Å². The molecule has 1 aromatic carbocycles. The number of fused-ring (bicyclic) bond motifs is 1. The molecule has 4 rings (SSSR count). The number of rotatable bonds is 5. The lowest BCUT2D eigenvalue weighted by molar-refractivity contribution is -0.390. The lowest BCUT2D eigenvalue weighted by Crippen LogP contribution is -2.48. The molecule has 2 aromatic rings. The van der Waals surface area contributed by atoms with Crippen LogP contribution in [0.1, 0.15) is 17.5 Å². The molecule has 9 nitrogen and oxygen atoms in total. The Morgan fingerprint density at radius 2 is 1.86 bits per heavy atom. The maximum Gasteiger partial charge on any atom is 0.404 e. The van der Waals surface area contributed by atoms with Crippen molar-refractivity contribution in [2.45, 2.75) is 30.8 Å². The van der Waals surface area contributed by atoms with Crippen molar-refractivity contribution < 1.29 is 13.3 Å². The second-order valence-electron chi connectivity index (χ2n) is 7.04. The van der Waals surface area contributed by atoms with Crippen LogP contribution in [0.5, 0.6) is 0 Å². The standard InChI is InChI=1S/C17H20BrN5O4S/c18-16-11-21(19-17(16)23(24)25)12-20-6-8-22(9-7-20)28(26,27)15-5-4-13-2-1-3-14(13)10-15/h4-5,10-11H,1-3,6-9,12H2. The summed E-state index contributed by atoms with van der Waals surface area (Å²) in [7, 11) is -3.51. The van der Waals surface area contributed by atoms with Crippen LogP contribution < -0.4 is 0 Å². The average molecular weight is 470 g/mol. The minimum atomic E-state index is -3.51. The van der Waals surface area contributed by atoms with Gasteiger partial charge in [0, 0.05) is 26.2 Å². The smallest absolute Gasteiger partial charge is 0.358 e. The first-order valence-corrected chi connectivity index (χ1v) is 11.3. The molecule has 0 amide bonds. The van der Waals surface area contributed by atoms with Gasteiger partial charge in [0.1, 0.15) is 11.1 Å². The van der Waals surface area contributed by atoms with Crippen molar-refractivity contribution in [2.24, 2.45) is 0 Å². The van der Waals surface area contributed by atoms with E-state index in [9.17, 15) is 18.5 Å². The van der Waals surface area contributed by atoms with E-state index in [0.29, 0.717) is 42.2 Å². The molecule has 1 fully saturated rings. The molecule has 0 atom stereocenters. The van der Waals surface area contributed by atoms with E-state index >= 15 is 0 Å². The van der Waals surface area contributed by atoms with E-state index in [2.05, 4.69) is 21.0 Å². The average Bonchev–Trinajstić information content (AvgIpc) is 3.27. The van der Waals surface area contributed by atoms with Crippen LogP contribution in [0.3, 0.4) is 0 Å². The van der Waals surface area contributed by atoms with E-state index in [0.717, 1.165) is 24.8 Å². The minimum absolute atomic E-state index is 0.224. The van der Waals surface area contributed by atoms with Crippen molar-refractivity contribution in [1.29, 1.82) is 0 Å². The Morgan fingerprint density at radius 3 is 2.54 bits per heavy atom. The summed E-state index contributed by atoms with van der Waals surface area (Å²) >= 11 is 3.13. The Hall–Kier alpha value is -1.82. The van der Waals surface area contributed by atoms with Crippen LogP contribution in [-0.2, 0) is 29.5 Å². The van der Waals surface area contributed by atoms with Crippen molar-refractivity contribution in [2.75, 3.05) is 26.2 Å². The Labute approximate surface area is 171 Å². The summed E-state index contributed by atoms with van der Waals surface area (Å²) in [4.78, 5) is 12.8. The Bertz CT molecular complexity index is 1010. The number of halogens is 1. The van der Waals surface area contributed by atoms with Crippen molar-refractivity contribution in [3.63, 3.8) is 0 Å². The van der Waals surface area contributed by atoms with E-state index in [1.807, 2.05) is 17.0 Å². The SMILES string of the molecule is O=[N+]([O-])c1nn(CN2CCN(S(=O)(=O)c3ccc4c(c3)CCC4)CC2)cc1Br. The minimum Gasteiger partial charge on any atom is -0.358 e. The third-order valence-corrected chi connectivity index (χ3v) is 7.71. The van der Waals surface area contributed by atoms with Gasteiger partial charge >= 0.3 is 5.82 Å². The van der Waals surface area contributed by atoms with Crippen LogP contribution in [-0.4, -0.2) is 58.5 Å². The fraction of sp³-hybridized carbons (Fsp3) is 0.471. The normalized spacial score (nSPS) is 18.3. The molecule has 11 heteroatoms. The molecule has 0 saturated carbocycles. The summed E-state index contributed by atoms with van der Waals surface area (Å²) in [6.07, 6.45) is 4.61. The third-order valence-electron chi connectivity index (χ3n) is 5.26. The summed E-state index contributed by atoms with van der Waals surface area (Å²) < 4.78 is 29.3. The molecule has 0 bridgehead atoms. The maximum atomic E-state index is 13.0. The van der Waals surface area contributed by atoms with Gasteiger partial charge in [-0.05, 0) is 63.4 Å². The highest BCUT2D eigenvalue weighted by Gasteiger charge is 2.30. The summed E-state index contributed by atoms with van der Waals surface area (Å²) in [5.41, 5.74) is 2.40. The first-order valence-electron chi connectivity index (χ1n) is 9.06. The van der Waals surface area contributed by atoms with Crippen molar-refractivity contribution in [3.05, 3.63) is 50.1 Å². The molecule has 1 aromatic heterocycles. The molecule has 2 heterocycles. The van der Waals surface area contributed by atoms with Crippen LogP contribution in [0.25, 0.3) is 0 Å². The van der Waals surface area contributed by atoms with Gasteiger partial charge in [0.15, 0.2) is 0 Å². The van der Waals surface area contributed by atoms with Gasteiger partial charge in [0.2, 0.25) is 10.0 Å². The first-order chi connectivity index (χ1) is 13.3. The number of nitro groups is 1. The highest BCUT2D eigenvalue weighted by atomic mass is 79.9. The Kier molecular flexibility index (Phi) is 5.25. The molecular weight excluding hydrogens is 450 g/mol. The van der Waals surface area contributed by atoms with E-state index in [-0.39, 0.29) is 5.82 Å². The van der Waals surface area contributed by atoms with Crippen molar-refractivity contribution >= 4 is 31.8 Å². The number of aryl methyl sites for hydroxylation is 2. The van der Waals surface area contributed by atoms with Gasteiger partial charge in [-0.25, -0.2) is 8.42 Å². The molecule has 150 valence electrons. The zero-order valence-electron chi connectivity index (χ0n) is 15.1. The Morgan fingerprint density at radius 1 is 1.14 bits per heavy atom. The molecule has 1 aliphatic carbocycles. The van der Waals surface area contributed by atoms with Crippen LogP contribution in [0, 0.1) is 10.1 Å². The quantitative estimate of drug-likeness (QED) is 0.490. The van der Waals surface area contributed by atoms with Crippen LogP contribution in [0.4, 0.5) is 5.82 Å². The summed E-state index contributed by atoms with van der Waals surface area (Å²) in [6.45, 7) is 2.21. The first kappa shape index (κ1) is 19.5. The van der Waals surface area contributed by atoms with Gasteiger partial charge in [-0.2, -0.15) is 8.99 Å². The maximum absolute atomic E-state index is 13.0. The van der Waals surface area contributed by atoms with Crippen LogP contribution in [0.2, 0.25) is 0 Å². The second kappa shape index (κ2) is 7.54. The zero-order valence-corrected chi connectivity index (χ0v) is 17.5. The molecule has 1 saturated heterocycles. The summed E-state index contributed by atoms with van der Waals surface area (Å²) in [6, 6.07) is 5.48. The number of nitrogens with zero attached hydrogens (tertiary/aromatic N) is 5. The number of sulfonamides is 1. The number of hydrogen-bond acceptors (Lipinski definition) is 6.